The van der Waals surface area contributed by atoms with Crippen molar-refractivity contribution in [3.05, 3.63) is 42.2 Å². The van der Waals surface area contributed by atoms with E-state index in [4.69, 9.17) is 14.5 Å². The number of aromatic nitrogens is 2. The van der Waals surface area contributed by atoms with Gasteiger partial charge in [-0.2, -0.15) is 10.2 Å². The van der Waals surface area contributed by atoms with Gasteiger partial charge in [0.05, 0.1) is 17.7 Å². The molecule has 1 saturated heterocycles. The smallest absolute Gasteiger partial charge is 0.407 e. The first-order valence-electron chi connectivity index (χ1n) is 11.0. The molecule has 3 heterocycles. The van der Waals surface area contributed by atoms with Gasteiger partial charge in [0, 0.05) is 38.4 Å². The molecule has 9 heteroatoms. The fourth-order valence-electron chi connectivity index (χ4n) is 4.07. The van der Waals surface area contributed by atoms with E-state index in [2.05, 4.69) is 21.3 Å². The molecule has 2 N–H and O–H groups in total. The molecule has 4 rings (SSSR count). The third kappa shape index (κ3) is 4.85. The first-order valence-corrected chi connectivity index (χ1v) is 11.0. The largest absolute Gasteiger partial charge is 0.465 e. The predicted molar refractivity (Wildman–Crippen MR) is 126 cm³/mol. The summed E-state index contributed by atoms with van der Waals surface area (Å²) in [5.41, 5.74) is 2.59. The van der Waals surface area contributed by atoms with Crippen LogP contribution in [0.3, 0.4) is 0 Å². The van der Waals surface area contributed by atoms with E-state index < -0.39 is 11.5 Å². The second kappa shape index (κ2) is 8.98. The maximum Gasteiger partial charge on any atom is 0.407 e. The average Bonchev–Trinajstić information content (AvgIpc) is 3.28. The summed E-state index contributed by atoms with van der Waals surface area (Å²) in [6.45, 7) is 5.85. The van der Waals surface area contributed by atoms with Gasteiger partial charge in [-0.3, -0.25) is 0 Å². The maximum atomic E-state index is 11.1. The number of piperidine rings is 1. The van der Waals surface area contributed by atoms with E-state index >= 15 is 0 Å². The van der Waals surface area contributed by atoms with Crippen LogP contribution in [0.1, 0.15) is 32.3 Å². The van der Waals surface area contributed by atoms with E-state index in [1.807, 2.05) is 44.2 Å². The number of carboxylic acid groups (broad SMARTS) is 1. The van der Waals surface area contributed by atoms with Gasteiger partial charge < -0.3 is 24.6 Å². The molecular formula is C24H28N6O3. The van der Waals surface area contributed by atoms with Crippen LogP contribution in [0.15, 0.2) is 41.0 Å². The minimum atomic E-state index is -0.898. The Balaban J connectivity index is 1.51. The van der Waals surface area contributed by atoms with Crippen LogP contribution in [0, 0.1) is 17.2 Å². The van der Waals surface area contributed by atoms with Crippen LogP contribution in [-0.4, -0.2) is 52.7 Å². The number of nitrogens with one attached hydrogen (secondary N) is 1. The van der Waals surface area contributed by atoms with E-state index in [0.29, 0.717) is 24.0 Å². The molecule has 0 bridgehead atoms. The zero-order chi connectivity index (χ0) is 23.6. The molecule has 1 aliphatic heterocycles. The number of nitrogens with zero attached hydrogens (tertiary/aromatic N) is 5. The summed E-state index contributed by atoms with van der Waals surface area (Å²) in [6.07, 6.45) is 2.47. The lowest BCUT2D eigenvalue weighted by Crippen LogP contribution is -2.39. The zero-order valence-corrected chi connectivity index (χ0v) is 19.1. The Morgan fingerprint density at radius 2 is 1.97 bits per heavy atom. The number of rotatable bonds is 6. The third-order valence-corrected chi connectivity index (χ3v) is 6.20. The highest BCUT2D eigenvalue weighted by Gasteiger charge is 2.25. The summed E-state index contributed by atoms with van der Waals surface area (Å²) >= 11 is 0. The number of carbonyl (C=O) groups is 1. The summed E-state index contributed by atoms with van der Waals surface area (Å²) in [5.74, 6) is 1.53. The molecule has 0 saturated carbocycles. The summed E-state index contributed by atoms with van der Waals surface area (Å²) in [6, 6.07) is 11.8. The number of hydrogen-bond acceptors (Lipinski definition) is 7. The van der Waals surface area contributed by atoms with Crippen molar-refractivity contribution in [1.82, 2.24) is 14.9 Å². The molecule has 0 radical (unpaired) electrons. The number of fused-ring (bicyclic) bond motifs is 1. The predicted octanol–water partition coefficient (Wildman–Crippen LogP) is 4.59. The minimum absolute atomic E-state index is 0.324. The highest BCUT2D eigenvalue weighted by molar-refractivity contribution is 5.85. The minimum Gasteiger partial charge on any atom is -0.465 e. The molecule has 0 unspecified atom stereocenters. The second-order valence-electron chi connectivity index (χ2n) is 9.04. The highest BCUT2D eigenvalue weighted by atomic mass is 16.4. The Hall–Kier alpha value is -3.80. The summed E-state index contributed by atoms with van der Waals surface area (Å²) < 4.78 is 5.68. The monoisotopic (exact) mass is 448 g/mol. The number of amides is 1. The molecule has 1 amide bonds. The number of furan rings is 1. The van der Waals surface area contributed by atoms with Crippen molar-refractivity contribution in [2.45, 2.75) is 32.1 Å². The fraction of sp³-hybridized carbons (Fsp3) is 0.417. The van der Waals surface area contributed by atoms with Gasteiger partial charge in [-0.15, -0.1) is 0 Å². The van der Waals surface area contributed by atoms with Crippen molar-refractivity contribution in [1.29, 1.82) is 5.26 Å². The van der Waals surface area contributed by atoms with Crippen LogP contribution in [-0.2, 0) is 5.41 Å². The lowest BCUT2D eigenvalue weighted by molar-refractivity contribution is 0.145. The van der Waals surface area contributed by atoms with Crippen molar-refractivity contribution >= 4 is 34.6 Å². The van der Waals surface area contributed by atoms with Gasteiger partial charge in [0.25, 0.3) is 0 Å². The van der Waals surface area contributed by atoms with Crippen LogP contribution < -0.4 is 10.2 Å². The van der Waals surface area contributed by atoms with Gasteiger partial charge >= 0.3 is 6.09 Å². The van der Waals surface area contributed by atoms with E-state index in [0.717, 1.165) is 48.5 Å². The van der Waals surface area contributed by atoms with Crippen molar-refractivity contribution in [3.8, 4) is 6.07 Å². The highest BCUT2D eigenvalue weighted by Crippen LogP contribution is 2.31. The summed E-state index contributed by atoms with van der Waals surface area (Å²) in [4.78, 5) is 24.0. The van der Waals surface area contributed by atoms with Gasteiger partial charge in [-0.1, -0.05) is 12.1 Å². The second-order valence-corrected chi connectivity index (χ2v) is 9.04. The van der Waals surface area contributed by atoms with Crippen LogP contribution in [0.4, 0.5) is 22.2 Å². The Labute approximate surface area is 192 Å². The van der Waals surface area contributed by atoms with E-state index in [1.165, 1.54) is 4.90 Å². The first kappa shape index (κ1) is 22.4. The number of hydrogen-bond donors (Lipinski definition) is 2. The molecule has 0 spiro atoms. The molecule has 172 valence electrons. The van der Waals surface area contributed by atoms with E-state index in [1.54, 1.807) is 13.3 Å². The van der Waals surface area contributed by atoms with Crippen LogP contribution >= 0.6 is 0 Å². The summed E-state index contributed by atoms with van der Waals surface area (Å²) in [7, 11) is 1.61. The molecule has 9 nitrogen and oxygen atoms in total. The third-order valence-electron chi connectivity index (χ3n) is 6.20. The molecular weight excluding hydrogens is 420 g/mol. The fourth-order valence-corrected chi connectivity index (χ4v) is 4.07. The van der Waals surface area contributed by atoms with Gasteiger partial charge in [-0.25, -0.2) is 9.78 Å². The van der Waals surface area contributed by atoms with Crippen LogP contribution in [0.5, 0.6) is 0 Å². The summed E-state index contributed by atoms with van der Waals surface area (Å²) in [5, 5.41) is 21.7. The van der Waals surface area contributed by atoms with Crippen LogP contribution in [0.2, 0.25) is 0 Å². The molecule has 2 aromatic heterocycles. The topological polar surface area (TPSA) is 119 Å². The molecule has 33 heavy (non-hydrogen) atoms. The lowest BCUT2D eigenvalue weighted by Gasteiger charge is -2.34. The Morgan fingerprint density at radius 1 is 1.27 bits per heavy atom. The molecule has 0 atom stereocenters. The molecule has 1 fully saturated rings. The SMILES string of the molecule is CN(CC1CCN(c2nc(Nc3ccc(C(C)(C)C#N)cc3)nc3ccoc23)CC1)C(=O)O. The molecule has 0 aliphatic carbocycles. The van der Waals surface area contributed by atoms with E-state index in [-0.39, 0.29) is 0 Å². The van der Waals surface area contributed by atoms with Gasteiger partial charge in [-0.05, 0) is 50.3 Å². The van der Waals surface area contributed by atoms with Crippen molar-refractivity contribution in [2.75, 3.05) is 36.9 Å². The van der Waals surface area contributed by atoms with Gasteiger partial charge in [0.15, 0.2) is 11.4 Å². The Bertz CT molecular complexity index is 1170. The lowest BCUT2D eigenvalue weighted by atomic mass is 9.86. The van der Waals surface area contributed by atoms with Crippen molar-refractivity contribution in [2.24, 2.45) is 5.92 Å². The standard InChI is InChI=1S/C24H28N6O3/c1-24(2,15-25)17-4-6-18(7-5-17)26-22-27-19-10-13-33-20(19)21(28-22)30-11-8-16(9-12-30)14-29(3)23(31)32/h4-7,10,13,16H,8-9,11-12,14H2,1-3H3,(H,31,32)(H,26,27,28). The normalized spacial score (nSPS) is 14.8. The number of benzene rings is 1. The van der Waals surface area contributed by atoms with Gasteiger partial charge in [0.2, 0.25) is 5.95 Å². The first-order chi connectivity index (χ1) is 15.8. The van der Waals surface area contributed by atoms with Crippen molar-refractivity contribution in [3.63, 3.8) is 0 Å². The van der Waals surface area contributed by atoms with Crippen LogP contribution in [0.25, 0.3) is 11.1 Å². The number of nitriles is 1. The van der Waals surface area contributed by atoms with E-state index in [9.17, 15) is 10.1 Å². The quantitative estimate of drug-likeness (QED) is 0.562. The molecule has 1 aromatic carbocycles. The van der Waals surface area contributed by atoms with Crippen molar-refractivity contribution < 1.29 is 14.3 Å². The Kier molecular flexibility index (Phi) is 6.09. The maximum absolute atomic E-state index is 11.1. The molecule has 3 aromatic rings. The Morgan fingerprint density at radius 3 is 2.61 bits per heavy atom. The van der Waals surface area contributed by atoms with Gasteiger partial charge in [0.1, 0.15) is 5.52 Å². The zero-order valence-electron chi connectivity index (χ0n) is 19.1. The number of anilines is 3. The molecule has 1 aliphatic rings. The average molecular weight is 449 g/mol.